The fraction of sp³-hybridized carbons (Fsp3) is 0.600. The van der Waals surface area contributed by atoms with Gasteiger partial charge >= 0.3 is 0 Å². The summed E-state index contributed by atoms with van der Waals surface area (Å²) in [6.45, 7) is 4.76. The molecule has 114 valence electrons. The van der Waals surface area contributed by atoms with Crippen LogP contribution in [0.5, 0.6) is 11.5 Å². The molecule has 0 saturated heterocycles. The molecule has 20 heavy (non-hydrogen) atoms. The first-order chi connectivity index (χ1) is 9.60. The molecular weight excluding hydrogens is 322 g/mol. The van der Waals surface area contributed by atoms with Gasteiger partial charge < -0.3 is 19.9 Å². The Morgan fingerprint density at radius 3 is 2.40 bits per heavy atom. The van der Waals surface area contributed by atoms with Gasteiger partial charge in [0.1, 0.15) is 16.0 Å². The SMILES string of the molecule is CCCC(OCC)C(N)c1ccc(OC)c(Br)c1OC. The lowest BCUT2D eigenvalue weighted by Gasteiger charge is -2.26. The highest BCUT2D eigenvalue weighted by molar-refractivity contribution is 9.10. The van der Waals surface area contributed by atoms with E-state index in [0.717, 1.165) is 28.6 Å². The van der Waals surface area contributed by atoms with E-state index in [9.17, 15) is 0 Å². The lowest BCUT2D eigenvalue weighted by Crippen LogP contribution is -2.29. The van der Waals surface area contributed by atoms with E-state index < -0.39 is 0 Å². The zero-order valence-corrected chi connectivity index (χ0v) is 14.2. The van der Waals surface area contributed by atoms with Crippen LogP contribution >= 0.6 is 15.9 Å². The Morgan fingerprint density at radius 2 is 1.90 bits per heavy atom. The van der Waals surface area contributed by atoms with Crippen molar-refractivity contribution in [1.82, 2.24) is 0 Å². The fourth-order valence-corrected chi connectivity index (χ4v) is 2.93. The third-order valence-electron chi connectivity index (χ3n) is 3.23. The summed E-state index contributed by atoms with van der Waals surface area (Å²) in [7, 11) is 3.25. The van der Waals surface area contributed by atoms with Gasteiger partial charge in [0.2, 0.25) is 0 Å². The molecule has 4 nitrogen and oxygen atoms in total. The van der Waals surface area contributed by atoms with Crippen molar-refractivity contribution in [1.29, 1.82) is 0 Å². The summed E-state index contributed by atoms with van der Waals surface area (Å²) >= 11 is 3.50. The lowest BCUT2D eigenvalue weighted by atomic mass is 9.98. The molecule has 0 aliphatic carbocycles. The van der Waals surface area contributed by atoms with E-state index in [1.54, 1.807) is 14.2 Å². The Bertz CT molecular complexity index is 420. The molecule has 0 heterocycles. The summed E-state index contributed by atoms with van der Waals surface area (Å²) < 4.78 is 17.3. The lowest BCUT2D eigenvalue weighted by molar-refractivity contribution is 0.0368. The highest BCUT2D eigenvalue weighted by Gasteiger charge is 2.24. The van der Waals surface area contributed by atoms with E-state index in [4.69, 9.17) is 19.9 Å². The minimum Gasteiger partial charge on any atom is -0.495 e. The van der Waals surface area contributed by atoms with Crippen LogP contribution in [0.2, 0.25) is 0 Å². The number of rotatable bonds is 8. The molecule has 5 heteroatoms. The molecule has 0 fully saturated rings. The van der Waals surface area contributed by atoms with Crippen LogP contribution in [-0.2, 0) is 4.74 Å². The van der Waals surface area contributed by atoms with Gasteiger partial charge in [-0.05, 0) is 41.4 Å². The number of ether oxygens (including phenoxy) is 3. The van der Waals surface area contributed by atoms with Crippen molar-refractivity contribution >= 4 is 15.9 Å². The van der Waals surface area contributed by atoms with Crippen molar-refractivity contribution in [2.24, 2.45) is 5.73 Å². The van der Waals surface area contributed by atoms with Gasteiger partial charge in [-0.2, -0.15) is 0 Å². The van der Waals surface area contributed by atoms with E-state index >= 15 is 0 Å². The average Bonchev–Trinajstić information content (AvgIpc) is 2.46. The monoisotopic (exact) mass is 345 g/mol. The highest BCUT2D eigenvalue weighted by atomic mass is 79.9. The number of nitrogens with two attached hydrogens (primary N) is 1. The van der Waals surface area contributed by atoms with Crippen LogP contribution in [0.15, 0.2) is 16.6 Å². The second-order valence-electron chi connectivity index (χ2n) is 4.51. The third-order valence-corrected chi connectivity index (χ3v) is 3.98. The molecule has 1 rings (SSSR count). The summed E-state index contributed by atoms with van der Waals surface area (Å²) in [5, 5.41) is 0. The van der Waals surface area contributed by atoms with Gasteiger partial charge in [0, 0.05) is 12.2 Å². The van der Waals surface area contributed by atoms with Crippen LogP contribution in [-0.4, -0.2) is 26.9 Å². The molecule has 1 aromatic carbocycles. The first-order valence-corrected chi connectivity index (χ1v) is 7.67. The van der Waals surface area contributed by atoms with Crippen LogP contribution < -0.4 is 15.2 Å². The Labute approximate surface area is 129 Å². The van der Waals surface area contributed by atoms with Crippen molar-refractivity contribution in [2.45, 2.75) is 38.8 Å². The zero-order chi connectivity index (χ0) is 15.1. The van der Waals surface area contributed by atoms with Gasteiger partial charge in [-0.3, -0.25) is 0 Å². The Balaban J connectivity index is 3.13. The van der Waals surface area contributed by atoms with Crippen LogP contribution in [0.25, 0.3) is 0 Å². The van der Waals surface area contributed by atoms with E-state index in [1.807, 2.05) is 19.1 Å². The average molecular weight is 346 g/mol. The summed E-state index contributed by atoms with van der Waals surface area (Å²) in [4.78, 5) is 0. The van der Waals surface area contributed by atoms with Gasteiger partial charge in [-0.15, -0.1) is 0 Å². The summed E-state index contributed by atoms with van der Waals surface area (Å²) in [5.74, 6) is 1.43. The Hall–Kier alpha value is -0.780. The molecule has 0 amide bonds. The van der Waals surface area contributed by atoms with E-state index in [0.29, 0.717) is 12.4 Å². The van der Waals surface area contributed by atoms with Crippen LogP contribution in [0.4, 0.5) is 0 Å². The van der Waals surface area contributed by atoms with E-state index in [1.165, 1.54) is 0 Å². The highest BCUT2D eigenvalue weighted by Crippen LogP contribution is 2.40. The molecular formula is C15H24BrNO3. The minimum atomic E-state index is -0.230. The van der Waals surface area contributed by atoms with E-state index in [2.05, 4.69) is 22.9 Å². The predicted molar refractivity (Wildman–Crippen MR) is 84.5 cm³/mol. The standard InChI is InChI=1S/C15H24BrNO3/c1-5-7-12(20-6-2)14(17)10-8-9-11(18-3)13(16)15(10)19-4/h8-9,12,14H,5-7,17H2,1-4H3. The van der Waals surface area contributed by atoms with Gasteiger partial charge in [0.05, 0.1) is 26.4 Å². The number of methoxy groups -OCH3 is 2. The minimum absolute atomic E-state index is 0.0146. The van der Waals surface area contributed by atoms with E-state index in [-0.39, 0.29) is 12.1 Å². The van der Waals surface area contributed by atoms with Gasteiger partial charge in [0.15, 0.2) is 0 Å². The molecule has 0 bridgehead atoms. The molecule has 1 aromatic rings. The number of halogens is 1. The summed E-state index contributed by atoms with van der Waals surface area (Å²) in [5.41, 5.74) is 7.30. The largest absolute Gasteiger partial charge is 0.495 e. The first kappa shape index (κ1) is 17.3. The maximum absolute atomic E-state index is 6.38. The normalized spacial score (nSPS) is 13.9. The molecule has 0 aliphatic rings. The molecule has 0 radical (unpaired) electrons. The topological polar surface area (TPSA) is 53.7 Å². The third kappa shape index (κ3) is 3.87. The van der Waals surface area contributed by atoms with Gasteiger partial charge in [-0.1, -0.05) is 13.3 Å². The predicted octanol–water partition coefficient (Wildman–Crippen LogP) is 3.67. The molecule has 0 aliphatic heterocycles. The molecule has 0 saturated carbocycles. The molecule has 0 aromatic heterocycles. The maximum Gasteiger partial charge on any atom is 0.141 e. The van der Waals surface area contributed by atoms with Crippen molar-refractivity contribution in [3.05, 3.63) is 22.2 Å². The zero-order valence-electron chi connectivity index (χ0n) is 12.6. The second-order valence-corrected chi connectivity index (χ2v) is 5.31. The van der Waals surface area contributed by atoms with Crippen LogP contribution in [0.1, 0.15) is 38.3 Å². The van der Waals surface area contributed by atoms with Crippen molar-refractivity contribution < 1.29 is 14.2 Å². The summed E-state index contributed by atoms with van der Waals surface area (Å²) in [6, 6.07) is 3.60. The number of benzene rings is 1. The smallest absolute Gasteiger partial charge is 0.141 e. The van der Waals surface area contributed by atoms with Gasteiger partial charge in [0.25, 0.3) is 0 Å². The van der Waals surface area contributed by atoms with Crippen molar-refractivity contribution in [3.8, 4) is 11.5 Å². The molecule has 2 N–H and O–H groups in total. The second kappa shape index (κ2) is 8.49. The maximum atomic E-state index is 6.38. The molecule has 2 unspecified atom stereocenters. The van der Waals surface area contributed by atoms with Crippen LogP contribution in [0, 0.1) is 0 Å². The first-order valence-electron chi connectivity index (χ1n) is 6.88. The van der Waals surface area contributed by atoms with Crippen molar-refractivity contribution in [2.75, 3.05) is 20.8 Å². The van der Waals surface area contributed by atoms with Crippen LogP contribution in [0.3, 0.4) is 0 Å². The fourth-order valence-electron chi connectivity index (χ4n) is 2.25. The van der Waals surface area contributed by atoms with Gasteiger partial charge in [-0.25, -0.2) is 0 Å². The number of hydrogen-bond acceptors (Lipinski definition) is 4. The van der Waals surface area contributed by atoms with Crippen molar-refractivity contribution in [3.63, 3.8) is 0 Å². The molecule has 0 spiro atoms. The Kier molecular flexibility index (Phi) is 7.34. The Morgan fingerprint density at radius 1 is 1.20 bits per heavy atom. The quantitative estimate of drug-likeness (QED) is 0.780. The summed E-state index contributed by atoms with van der Waals surface area (Å²) in [6.07, 6.45) is 1.93. The molecule has 2 atom stereocenters. The number of hydrogen-bond donors (Lipinski definition) is 1.